The number of carbonyl (C=O) groups excluding carboxylic acids is 2. The second kappa shape index (κ2) is 9.55. The van der Waals surface area contributed by atoms with E-state index in [0.29, 0.717) is 24.3 Å². The molecule has 146 valence electrons. The molecule has 2 amide bonds. The van der Waals surface area contributed by atoms with E-state index in [1.54, 1.807) is 24.3 Å². The van der Waals surface area contributed by atoms with Gasteiger partial charge < -0.3 is 20.2 Å². The van der Waals surface area contributed by atoms with E-state index in [1.165, 1.54) is 7.11 Å². The number of carbonyl (C=O) groups is 2. The Hall–Kier alpha value is -3.35. The van der Waals surface area contributed by atoms with Crippen molar-refractivity contribution in [2.24, 2.45) is 5.16 Å². The number of benzene rings is 2. The molecular formula is C21H23N3O4. The third-order valence-electron chi connectivity index (χ3n) is 4.39. The highest BCUT2D eigenvalue weighted by atomic mass is 16.7. The summed E-state index contributed by atoms with van der Waals surface area (Å²) < 4.78 is 5.03. The van der Waals surface area contributed by atoms with Crippen LogP contribution < -0.4 is 10.6 Å². The fourth-order valence-corrected chi connectivity index (χ4v) is 2.86. The molecule has 3 rings (SSSR count). The number of nitrogens with zero attached hydrogens (tertiary/aromatic N) is 1. The van der Waals surface area contributed by atoms with E-state index in [-0.39, 0.29) is 24.5 Å². The average Bonchev–Trinajstić information content (AvgIpc) is 3.21. The molecule has 2 N–H and O–H groups in total. The Morgan fingerprint density at radius 3 is 2.46 bits per heavy atom. The van der Waals surface area contributed by atoms with Crippen molar-refractivity contribution in [3.8, 4) is 0 Å². The molecule has 0 saturated heterocycles. The maximum atomic E-state index is 12.8. The molecule has 0 spiro atoms. The molecule has 2 atom stereocenters. The summed E-state index contributed by atoms with van der Waals surface area (Å²) in [6.45, 7) is 0.279. The molecule has 7 nitrogen and oxygen atoms in total. The summed E-state index contributed by atoms with van der Waals surface area (Å²) in [6.07, 6.45) is 0.605. The van der Waals surface area contributed by atoms with Gasteiger partial charge in [0.25, 0.3) is 5.91 Å². The van der Waals surface area contributed by atoms with Gasteiger partial charge in [0.15, 0.2) is 6.10 Å². The third-order valence-corrected chi connectivity index (χ3v) is 4.39. The normalized spacial score (nSPS) is 16.5. The molecule has 2 aromatic carbocycles. The summed E-state index contributed by atoms with van der Waals surface area (Å²) in [5, 5.41) is 9.46. The quantitative estimate of drug-likeness (QED) is 0.767. The van der Waals surface area contributed by atoms with Crippen LogP contribution in [0.1, 0.15) is 22.3 Å². The molecule has 1 heterocycles. The second-order valence-electron chi connectivity index (χ2n) is 6.45. The van der Waals surface area contributed by atoms with Crippen LogP contribution in [0.2, 0.25) is 0 Å². The van der Waals surface area contributed by atoms with Crippen LogP contribution in [0.25, 0.3) is 0 Å². The molecular weight excluding hydrogens is 358 g/mol. The number of oxime groups is 1. The van der Waals surface area contributed by atoms with Crippen molar-refractivity contribution in [3.05, 3.63) is 71.8 Å². The SMILES string of the molecule is COC1=NOC(CNC(=O)[C@H](Cc2ccccc2)NC(=O)c2ccccc2)C1. The number of methoxy groups -OCH3 is 1. The van der Waals surface area contributed by atoms with Crippen molar-refractivity contribution in [2.45, 2.75) is 25.0 Å². The molecule has 1 aliphatic heterocycles. The number of rotatable bonds is 7. The maximum absolute atomic E-state index is 12.8. The first-order valence-corrected chi connectivity index (χ1v) is 9.10. The largest absolute Gasteiger partial charge is 0.482 e. The minimum Gasteiger partial charge on any atom is -0.482 e. The molecule has 28 heavy (non-hydrogen) atoms. The van der Waals surface area contributed by atoms with Gasteiger partial charge in [0.1, 0.15) is 6.04 Å². The van der Waals surface area contributed by atoms with Crippen LogP contribution in [0.3, 0.4) is 0 Å². The molecule has 1 unspecified atom stereocenters. The predicted molar refractivity (Wildman–Crippen MR) is 105 cm³/mol. The number of ether oxygens (including phenoxy) is 1. The molecule has 0 radical (unpaired) electrons. The molecule has 7 heteroatoms. The molecule has 0 bridgehead atoms. The molecule has 2 aromatic rings. The van der Waals surface area contributed by atoms with E-state index in [0.717, 1.165) is 5.56 Å². The smallest absolute Gasteiger partial charge is 0.251 e. The number of hydrogen-bond acceptors (Lipinski definition) is 5. The fourth-order valence-electron chi connectivity index (χ4n) is 2.86. The van der Waals surface area contributed by atoms with Gasteiger partial charge in [-0.1, -0.05) is 53.7 Å². The Labute approximate surface area is 163 Å². The summed E-state index contributed by atoms with van der Waals surface area (Å²) in [6, 6.07) is 17.7. The molecule has 0 fully saturated rings. The monoisotopic (exact) mass is 381 g/mol. The summed E-state index contributed by atoms with van der Waals surface area (Å²) in [5.41, 5.74) is 1.46. The standard InChI is InChI=1S/C21H23N3O4/c1-27-19-13-17(28-24-19)14-22-21(26)18(12-15-8-4-2-5-9-15)23-20(25)16-10-6-3-7-11-16/h2-11,17-18H,12-14H2,1H3,(H,22,26)(H,23,25)/t17?,18-/m0/s1. The highest BCUT2D eigenvalue weighted by Gasteiger charge is 2.26. The Balaban J connectivity index is 1.63. The van der Waals surface area contributed by atoms with Gasteiger partial charge in [0.2, 0.25) is 11.8 Å². The van der Waals surface area contributed by atoms with Gasteiger partial charge >= 0.3 is 0 Å². The van der Waals surface area contributed by atoms with E-state index >= 15 is 0 Å². The topological polar surface area (TPSA) is 89.0 Å². The number of amides is 2. The first-order valence-electron chi connectivity index (χ1n) is 9.10. The zero-order chi connectivity index (χ0) is 19.8. The van der Waals surface area contributed by atoms with Crippen LogP contribution in [0, 0.1) is 0 Å². The van der Waals surface area contributed by atoms with Gasteiger partial charge in [-0.3, -0.25) is 9.59 Å². The van der Waals surface area contributed by atoms with E-state index in [2.05, 4.69) is 15.8 Å². The van der Waals surface area contributed by atoms with Gasteiger partial charge in [0.05, 0.1) is 20.1 Å². The number of hydrogen-bond donors (Lipinski definition) is 2. The Kier molecular flexibility index (Phi) is 6.62. The molecule has 1 aliphatic rings. The van der Waals surface area contributed by atoms with Crippen LogP contribution in [0.5, 0.6) is 0 Å². The molecule has 0 aliphatic carbocycles. The first-order chi connectivity index (χ1) is 13.7. The second-order valence-corrected chi connectivity index (χ2v) is 6.45. The zero-order valence-electron chi connectivity index (χ0n) is 15.6. The van der Waals surface area contributed by atoms with E-state index in [4.69, 9.17) is 9.57 Å². The number of nitrogens with one attached hydrogen (secondary N) is 2. The van der Waals surface area contributed by atoms with Crippen molar-refractivity contribution in [1.29, 1.82) is 0 Å². The fraction of sp³-hybridized carbons (Fsp3) is 0.286. The Morgan fingerprint density at radius 2 is 1.82 bits per heavy atom. The maximum Gasteiger partial charge on any atom is 0.251 e. The van der Waals surface area contributed by atoms with Gasteiger partial charge in [-0.2, -0.15) is 0 Å². The van der Waals surface area contributed by atoms with Gasteiger partial charge in [-0.05, 0) is 17.7 Å². The van der Waals surface area contributed by atoms with E-state index in [9.17, 15) is 9.59 Å². The van der Waals surface area contributed by atoms with Crippen LogP contribution in [-0.4, -0.2) is 43.5 Å². The minimum atomic E-state index is -0.709. The minimum absolute atomic E-state index is 0.275. The van der Waals surface area contributed by atoms with E-state index < -0.39 is 6.04 Å². The first kappa shape index (κ1) is 19.4. The van der Waals surface area contributed by atoms with Gasteiger partial charge in [-0.15, -0.1) is 0 Å². The lowest BCUT2D eigenvalue weighted by atomic mass is 10.0. The average molecular weight is 381 g/mol. The van der Waals surface area contributed by atoms with Crippen LogP contribution in [0.15, 0.2) is 65.8 Å². The van der Waals surface area contributed by atoms with Crippen molar-refractivity contribution in [2.75, 3.05) is 13.7 Å². The lowest BCUT2D eigenvalue weighted by Gasteiger charge is -2.19. The Morgan fingerprint density at radius 1 is 1.14 bits per heavy atom. The third kappa shape index (κ3) is 5.33. The van der Waals surface area contributed by atoms with Crippen molar-refractivity contribution >= 4 is 17.7 Å². The van der Waals surface area contributed by atoms with Crippen molar-refractivity contribution < 1.29 is 19.2 Å². The lowest BCUT2D eigenvalue weighted by molar-refractivity contribution is -0.123. The summed E-state index contributed by atoms with van der Waals surface area (Å²) in [5.74, 6) is -0.0705. The lowest BCUT2D eigenvalue weighted by Crippen LogP contribution is -2.49. The molecule has 0 aromatic heterocycles. The van der Waals surface area contributed by atoms with Crippen molar-refractivity contribution in [3.63, 3.8) is 0 Å². The molecule has 0 saturated carbocycles. The van der Waals surface area contributed by atoms with E-state index in [1.807, 2.05) is 36.4 Å². The highest BCUT2D eigenvalue weighted by Crippen LogP contribution is 2.10. The highest BCUT2D eigenvalue weighted by molar-refractivity contribution is 5.97. The van der Waals surface area contributed by atoms with Gasteiger partial charge in [0, 0.05) is 12.0 Å². The predicted octanol–water partition coefficient (Wildman–Crippen LogP) is 1.89. The van der Waals surface area contributed by atoms with Crippen LogP contribution in [0.4, 0.5) is 0 Å². The van der Waals surface area contributed by atoms with Gasteiger partial charge in [-0.25, -0.2) is 0 Å². The zero-order valence-corrected chi connectivity index (χ0v) is 15.6. The van der Waals surface area contributed by atoms with Crippen LogP contribution in [-0.2, 0) is 20.8 Å². The van der Waals surface area contributed by atoms with Crippen LogP contribution >= 0.6 is 0 Å². The summed E-state index contributed by atoms with van der Waals surface area (Å²) in [7, 11) is 1.53. The summed E-state index contributed by atoms with van der Waals surface area (Å²) >= 11 is 0. The Bertz CT molecular complexity index is 824. The summed E-state index contributed by atoms with van der Waals surface area (Å²) in [4.78, 5) is 30.5. The van der Waals surface area contributed by atoms with Crippen molar-refractivity contribution in [1.82, 2.24) is 10.6 Å².